The third-order valence-electron chi connectivity index (χ3n) is 2.27. The van der Waals surface area contributed by atoms with Crippen LogP contribution in [0.3, 0.4) is 0 Å². The summed E-state index contributed by atoms with van der Waals surface area (Å²) in [4.78, 5) is 11.5. The number of fused-ring (bicyclic) bond motifs is 1. The van der Waals surface area contributed by atoms with Crippen molar-refractivity contribution in [1.29, 1.82) is 0 Å². The van der Waals surface area contributed by atoms with Gasteiger partial charge in [0.1, 0.15) is 11.2 Å². The third-order valence-corrected chi connectivity index (χ3v) is 2.59. The van der Waals surface area contributed by atoms with Gasteiger partial charge in [0, 0.05) is 11.6 Å². The number of aromatic nitrogens is 1. The van der Waals surface area contributed by atoms with Crippen molar-refractivity contribution in [3.05, 3.63) is 29.4 Å². The fourth-order valence-electron chi connectivity index (χ4n) is 1.54. The van der Waals surface area contributed by atoms with E-state index >= 15 is 0 Å². The van der Waals surface area contributed by atoms with Gasteiger partial charge in [-0.25, -0.2) is 4.99 Å². The lowest BCUT2D eigenvalue weighted by Crippen LogP contribution is -2.26. The van der Waals surface area contributed by atoms with Crippen molar-refractivity contribution in [1.82, 2.24) is 4.98 Å². The Morgan fingerprint density at radius 3 is 2.74 bits per heavy atom. The zero-order valence-corrected chi connectivity index (χ0v) is 10.5. The number of pyridine rings is 1. The van der Waals surface area contributed by atoms with E-state index in [9.17, 15) is 5.11 Å². The molecule has 1 aromatic heterocycles. The van der Waals surface area contributed by atoms with Crippen LogP contribution in [-0.2, 0) is 0 Å². The predicted octanol–water partition coefficient (Wildman–Crippen LogP) is 0.813. The number of phenolic OH excluding ortho intramolecular Hbond substituents is 1. The molecule has 0 unspecified atom stereocenters. The van der Waals surface area contributed by atoms with Gasteiger partial charge < -0.3 is 22.3 Å². The summed E-state index contributed by atoms with van der Waals surface area (Å²) in [5.74, 6) is -0.568. The maximum Gasteiger partial charge on any atom is 0.223 e. The molecule has 2 rings (SSSR count). The molecular weight excluding hydrogens is 268 g/mol. The highest BCUT2D eigenvalue weighted by atomic mass is 35.5. The number of halogens is 1. The van der Waals surface area contributed by atoms with Crippen LogP contribution < -0.4 is 17.2 Å². The summed E-state index contributed by atoms with van der Waals surface area (Å²) in [6.07, 6.45) is 1.53. The first kappa shape index (κ1) is 12.9. The molecule has 0 fully saturated rings. The smallest absolute Gasteiger partial charge is 0.223 e. The second kappa shape index (κ2) is 4.99. The van der Waals surface area contributed by atoms with Crippen LogP contribution in [0.25, 0.3) is 10.9 Å². The van der Waals surface area contributed by atoms with Gasteiger partial charge in [-0.2, -0.15) is 4.99 Å². The first-order chi connectivity index (χ1) is 8.99. The Bertz CT molecular complexity index is 693. The third kappa shape index (κ3) is 2.66. The topological polar surface area (TPSA) is 136 Å². The number of aromatic hydroxyl groups is 1. The summed E-state index contributed by atoms with van der Waals surface area (Å²) < 4.78 is 0. The van der Waals surface area contributed by atoms with E-state index in [0.717, 1.165) is 0 Å². The maximum absolute atomic E-state index is 10.1. The Morgan fingerprint density at radius 2 is 2.05 bits per heavy atom. The van der Waals surface area contributed by atoms with Crippen LogP contribution in [-0.4, -0.2) is 22.0 Å². The number of nitrogens with two attached hydrogens (primary N) is 3. The summed E-state index contributed by atoms with van der Waals surface area (Å²) in [6, 6.07) is 4.90. The molecule has 0 bridgehead atoms. The highest BCUT2D eigenvalue weighted by Crippen LogP contribution is 2.37. The standard InChI is InChI=1S/C11H11ClN6O/c12-6-4-7(17-11(15)18-10(13)14)9(19)8-5(6)2-1-3-16-8/h1-4,19H,(H6,13,14,15,17,18). The Kier molecular flexibility index (Phi) is 3.39. The molecule has 0 aliphatic carbocycles. The average molecular weight is 279 g/mol. The van der Waals surface area contributed by atoms with Crippen LogP contribution in [0.2, 0.25) is 5.02 Å². The van der Waals surface area contributed by atoms with Crippen molar-refractivity contribution in [3.63, 3.8) is 0 Å². The minimum Gasteiger partial charge on any atom is -0.504 e. The molecule has 19 heavy (non-hydrogen) atoms. The van der Waals surface area contributed by atoms with Gasteiger partial charge in [0.15, 0.2) is 11.7 Å². The minimum atomic E-state index is -0.231. The fraction of sp³-hybridized carbons (Fsp3) is 0. The molecule has 0 atom stereocenters. The van der Waals surface area contributed by atoms with Gasteiger partial charge in [-0.05, 0) is 18.2 Å². The van der Waals surface area contributed by atoms with E-state index in [4.69, 9.17) is 28.8 Å². The van der Waals surface area contributed by atoms with E-state index in [2.05, 4.69) is 15.0 Å². The molecule has 98 valence electrons. The number of rotatable bonds is 1. The molecule has 7 nitrogen and oxygen atoms in total. The fourth-order valence-corrected chi connectivity index (χ4v) is 1.80. The van der Waals surface area contributed by atoms with Gasteiger partial charge in [-0.1, -0.05) is 11.6 Å². The van der Waals surface area contributed by atoms with Crippen molar-refractivity contribution in [2.45, 2.75) is 0 Å². The zero-order valence-electron chi connectivity index (χ0n) is 9.71. The van der Waals surface area contributed by atoms with Crippen molar-refractivity contribution < 1.29 is 5.11 Å². The number of guanidine groups is 2. The molecule has 0 aliphatic rings. The van der Waals surface area contributed by atoms with Gasteiger partial charge in [0.05, 0.1) is 5.02 Å². The normalized spacial score (nSPS) is 11.5. The highest BCUT2D eigenvalue weighted by Gasteiger charge is 2.11. The Labute approximate surface area is 113 Å². The highest BCUT2D eigenvalue weighted by molar-refractivity contribution is 6.36. The van der Waals surface area contributed by atoms with Crippen LogP contribution >= 0.6 is 11.6 Å². The first-order valence-corrected chi connectivity index (χ1v) is 5.57. The summed E-state index contributed by atoms with van der Waals surface area (Å²) in [6.45, 7) is 0. The van der Waals surface area contributed by atoms with E-state index in [0.29, 0.717) is 15.9 Å². The number of hydrogen-bond acceptors (Lipinski definition) is 3. The lowest BCUT2D eigenvalue weighted by molar-refractivity contribution is 0.482. The second-order valence-electron chi connectivity index (χ2n) is 3.63. The maximum atomic E-state index is 10.1. The van der Waals surface area contributed by atoms with Crippen LogP contribution in [0.4, 0.5) is 5.69 Å². The summed E-state index contributed by atoms with van der Waals surface area (Å²) in [5, 5.41) is 11.1. The molecule has 8 heteroatoms. The van der Waals surface area contributed by atoms with Crippen LogP contribution in [0.15, 0.2) is 34.4 Å². The first-order valence-electron chi connectivity index (χ1n) is 5.19. The zero-order chi connectivity index (χ0) is 14.0. The summed E-state index contributed by atoms with van der Waals surface area (Å²) in [5.41, 5.74) is 16.3. The van der Waals surface area contributed by atoms with E-state index in [1.807, 2.05) is 0 Å². The lowest BCUT2D eigenvalue weighted by Gasteiger charge is -2.05. The molecule has 1 heterocycles. The van der Waals surface area contributed by atoms with Gasteiger partial charge in [0.25, 0.3) is 0 Å². The van der Waals surface area contributed by atoms with E-state index in [1.54, 1.807) is 12.1 Å². The van der Waals surface area contributed by atoms with Crippen molar-refractivity contribution in [3.8, 4) is 5.75 Å². The molecular formula is C11H11ClN6O. The van der Waals surface area contributed by atoms with E-state index in [-0.39, 0.29) is 23.4 Å². The van der Waals surface area contributed by atoms with E-state index < -0.39 is 0 Å². The number of benzene rings is 1. The van der Waals surface area contributed by atoms with Crippen molar-refractivity contribution in [2.75, 3.05) is 0 Å². The largest absolute Gasteiger partial charge is 0.504 e. The summed E-state index contributed by atoms with van der Waals surface area (Å²) >= 11 is 6.08. The quantitative estimate of drug-likeness (QED) is 0.452. The molecule has 2 aromatic rings. The molecule has 0 aliphatic heterocycles. The Morgan fingerprint density at radius 1 is 1.32 bits per heavy atom. The van der Waals surface area contributed by atoms with Crippen molar-refractivity contribution >= 4 is 40.1 Å². The van der Waals surface area contributed by atoms with Gasteiger partial charge in [-0.3, -0.25) is 4.98 Å². The monoisotopic (exact) mass is 278 g/mol. The number of aliphatic imine (C=N–C) groups is 2. The number of nitrogens with zero attached hydrogens (tertiary/aromatic N) is 3. The molecule has 0 spiro atoms. The lowest BCUT2D eigenvalue weighted by atomic mass is 10.2. The number of hydrogen-bond donors (Lipinski definition) is 4. The second-order valence-corrected chi connectivity index (χ2v) is 4.04. The SMILES string of the molecule is NC(N)=NC(N)=Nc1cc(Cl)c2cccnc2c1O. The molecule has 1 aromatic carbocycles. The molecule has 0 radical (unpaired) electrons. The van der Waals surface area contributed by atoms with Crippen molar-refractivity contribution in [2.24, 2.45) is 27.2 Å². The predicted molar refractivity (Wildman–Crippen MR) is 75.5 cm³/mol. The molecule has 0 amide bonds. The van der Waals surface area contributed by atoms with Crippen LogP contribution in [0, 0.1) is 0 Å². The molecule has 7 N–H and O–H groups in total. The Balaban J connectivity index is 2.63. The average Bonchev–Trinajstić information content (AvgIpc) is 2.34. The number of phenols is 1. The van der Waals surface area contributed by atoms with Gasteiger partial charge in [0.2, 0.25) is 5.96 Å². The minimum absolute atomic E-state index is 0.138. The Hall–Kier alpha value is -2.54. The van der Waals surface area contributed by atoms with Crippen LogP contribution in [0.1, 0.15) is 0 Å². The van der Waals surface area contributed by atoms with Gasteiger partial charge >= 0.3 is 0 Å². The van der Waals surface area contributed by atoms with Gasteiger partial charge in [-0.15, -0.1) is 0 Å². The van der Waals surface area contributed by atoms with E-state index in [1.165, 1.54) is 12.3 Å². The van der Waals surface area contributed by atoms with Crippen LogP contribution in [0.5, 0.6) is 5.75 Å². The molecule has 0 saturated heterocycles. The molecule has 0 saturated carbocycles. The summed E-state index contributed by atoms with van der Waals surface area (Å²) in [7, 11) is 0.